The van der Waals surface area contributed by atoms with Gasteiger partial charge >= 0.3 is 0 Å². The predicted molar refractivity (Wildman–Crippen MR) is 74.5 cm³/mol. The molecule has 0 amide bonds. The topological polar surface area (TPSA) is 0 Å². The van der Waals surface area contributed by atoms with E-state index in [0.717, 1.165) is 11.5 Å². The van der Waals surface area contributed by atoms with Gasteiger partial charge in [0.15, 0.2) is 0 Å². The average molecular weight is 230 g/mol. The van der Waals surface area contributed by atoms with E-state index in [1.807, 2.05) is 33.8 Å². The van der Waals surface area contributed by atoms with E-state index in [1.54, 1.807) is 0 Å². The molecule has 0 nitrogen and oxygen atoms in total. The number of hydrogen-bond donors (Lipinski definition) is 2. The van der Waals surface area contributed by atoms with Crippen LogP contribution in [0.5, 0.6) is 0 Å². The Balaban J connectivity index is 0. The maximum atomic E-state index is 4.17. The van der Waals surface area contributed by atoms with Gasteiger partial charge in [-0.2, -0.15) is 25.3 Å². The first-order chi connectivity index (χ1) is 6.86. The van der Waals surface area contributed by atoms with Crippen LogP contribution >= 0.6 is 25.3 Å². The summed E-state index contributed by atoms with van der Waals surface area (Å²) in [5, 5.41) is 0. The van der Waals surface area contributed by atoms with E-state index in [4.69, 9.17) is 0 Å². The third-order valence-electron chi connectivity index (χ3n) is 1.36. The molecular weight excluding hydrogens is 208 g/mol. The lowest BCUT2D eigenvalue weighted by molar-refractivity contribution is 1.34. The van der Waals surface area contributed by atoms with Gasteiger partial charge in [0.1, 0.15) is 0 Å². The molecule has 0 bridgehead atoms. The van der Waals surface area contributed by atoms with Gasteiger partial charge in [-0.3, -0.25) is 0 Å². The largest absolute Gasteiger partial charge is 0.175 e. The van der Waals surface area contributed by atoms with Crippen molar-refractivity contribution in [3.8, 4) is 0 Å². The normalized spacial score (nSPS) is 7.86. The molecule has 0 N–H and O–H groups in total. The van der Waals surface area contributed by atoms with Gasteiger partial charge in [0, 0.05) is 11.5 Å². The van der Waals surface area contributed by atoms with Crippen LogP contribution < -0.4 is 0 Å². The SMILES string of the molecule is CC.CC.SCc1cccc(CS)c1. The second-order valence-electron chi connectivity index (χ2n) is 2.14. The number of rotatable bonds is 2. The molecule has 0 aliphatic carbocycles. The molecule has 1 aromatic carbocycles. The van der Waals surface area contributed by atoms with E-state index in [1.165, 1.54) is 11.1 Å². The van der Waals surface area contributed by atoms with E-state index in [9.17, 15) is 0 Å². The molecule has 1 aromatic rings. The number of thiol groups is 2. The Morgan fingerprint density at radius 1 is 0.857 bits per heavy atom. The molecule has 0 aliphatic heterocycles. The Bertz CT molecular complexity index is 190. The van der Waals surface area contributed by atoms with Gasteiger partial charge in [-0.25, -0.2) is 0 Å². The Morgan fingerprint density at radius 2 is 1.21 bits per heavy atom. The molecule has 0 radical (unpaired) electrons. The van der Waals surface area contributed by atoms with Gasteiger partial charge < -0.3 is 0 Å². The third kappa shape index (κ3) is 7.34. The molecule has 0 aromatic heterocycles. The Labute approximate surface area is 99.9 Å². The fourth-order valence-corrected chi connectivity index (χ4v) is 1.22. The van der Waals surface area contributed by atoms with Crippen molar-refractivity contribution in [2.45, 2.75) is 39.2 Å². The first-order valence-corrected chi connectivity index (χ1v) is 6.43. The van der Waals surface area contributed by atoms with Crippen molar-refractivity contribution in [3.05, 3.63) is 35.4 Å². The van der Waals surface area contributed by atoms with Crippen molar-refractivity contribution in [1.29, 1.82) is 0 Å². The summed E-state index contributed by atoms with van der Waals surface area (Å²) in [5.41, 5.74) is 2.52. The predicted octanol–water partition coefficient (Wildman–Crippen LogP) is 4.60. The molecule has 0 atom stereocenters. The molecule has 0 saturated carbocycles. The fourth-order valence-electron chi connectivity index (χ4n) is 0.826. The Kier molecular flexibility index (Phi) is 15.1. The molecular formula is C12H22S2. The lowest BCUT2D eigenvalue weighted by atomic mass is 10.2. The summed E-state index contributed by atoms with van der Waals surface area (Å²) in [6.07, 6.45) is 0. The molecule has 2 heteroatoms. The van der Waals surface area contributed by atoms with E-state index in [0.29, 0.717) is 0 Å². The molecule has 82 valence electrons. The average Bonchev–Trinajstić information content (AvgIpc) is 2.34. The minimum Gasteiger partial charge on any atom is -0.175 e. The van der Waals surface area contributed by atoms with Crippen LogP contribution in [0.3, 0.4) is 0 Å². The van der Waals surface area contributed by atoms with Gasteiger partial charge in [-0.1, -0.05) is 52.0 Å². The zero-order valence-corrected chi connectivity index (χ0v) is 11.4. The maximum absolute atomic E-state index is 4.17. The highest BCUT2D eigenvalue weighted by Gasteiger charge is 1.90. The monoisotopic (exact) mass is 230 g/mol. The molecule has 1 rings (SSSR count). The molecule has 0 heterocycles. The lowest BCUT2D eigenvalue weighted by Crippen LogP contribution is -1.80. The summed E-state index contributed by atoms with van der Waals surface area (Å²) in [7, 11) is 0. The summed E-state index contributed by atoms with van der Waals surface area (Å²) in [6, 6.07) is 8.30. The van der Waals surface area contributed by atoms with Crippen molar-refractivity contribution in [2.24, 2.45) is 0 Å². The molecule has 0 saturated heterocycles. The van der Waals surface area contributed by atoms with Crippen LogP contribution in [0.2, 0.25) is 0 Å². The van der Waals surface area contributed by atoms with Crippen LogP contribution in [0.25, 0.3) is 0 Å². The standard InChI is InChI=1S/C8H10S2.2C2H6/c9-5-7-2-1-3-8(4-7)6-10;2*1-2/h1-4,9-10H,5-6H2;2*1-2H3. The summed E-state index contributed by atoms with van der Waals surface area (Å²) >= 11 is 8.34. The van der Waals surface area contributed by atoms with Gasteiger partial charge in [0.25, 0.3) is 0 Å². The van der Waals surface area contributed by atoms with Gasteiger partial charge in [0.2, 0.25) is 0 Å². The third-order valence-corrected chi connectivity index (χ3v) is 2.09. The first kappa shape index (κ1) is 16.4. The summed E-state index contributed by atoms with van der Waals surface area (Å²) in [5.74, 6) is 1.61. The molecule has 0 unspecified atom stereocenters. The highest BCUT2D eigenvalue weighted by atomic mass is 32.1. The van der Waals surface area contributed by atoms with Crippen molar-refractivity contribution in [2.75, 3.05) is 0 Å². The highest BCUT2D eigenvalue weighted by Crippen LogP contribution is 2.08. The second-order valence-corrected chi connectivity index (χ2v) is 2.77. The van der Waals surface area contributed by atoms with E-state index in [2.05, 4.69) is 43.5 Å². The molecule has 0 aliphatic rings. The summed E-state index contributed by atoms with van der Waals surface area (Å²) in [6.45, 7) is 8.00. The Hall–Kier alpha value is -0.0800. The molecule has 0 spiro atoms. The maximum Gasteiger partial charge on any atom is 0.0154 e. The first-order valence-electron chi connectivity index (χ1n) is 5.16. The molecule has 14 heavy (non-hydrogen) atoms. The zero-order chi connectivity index (χ0) is 11.4. The lowest BCUT2D eigenvalue weighted by Gasteiger charge is -1.97. The highest BCUT2D eigenvalue weighted by molar-refractivity contribution is 7.79. The van der Waals surface area contributed by atoms with Crippen LogP contribution in [0.15, 0.2) is 24.3 Å². The smallest absolute Gasteiger partial charge is 0.0154 e. The number of hydrogen-bond acceptors (Lipinski definition) is 2. The van der Waals surface area contributed by atoms with Crippen LogP contribution in [0, 0.1) is 0 Å². The van der Waals surface area contributed by atoms with E-state index in [-0.39, 0.29) is 0 Å². The van der Waals surface area contributed by atoms with Gasteiger partial charge in [-0.05, 0) is 11.1 Å². The van der Waals surface area contributed by atoms with Crippen molar-refractivity contribution >= 4 is 25.3 Å². The van der Waals surface area contributed by atoms with E-state index < -0.39 is 0 Å². The van der Waals surface area contributed by atoms with Gasteiger partial charge in [0.05, 0.1) is 0 Å². The van der Waals surface area contributed by atoms with Crippen LogP contribution in [0.1, 0.15) is 38.8 Å². The molecule has 0 fully saturated rings. The van der Waals surface area contributed by atoms with E-state index >= 15 is 0 Å². The second kappa shape index (κ2) is 12.9. The van der Waals surface area contributed by atoms with Crippen LogP contribution in [-0.2, 0) is 11.5 Å². The summed E-state index contributed by atoms with van der Waals surface area (Å²) in [4.78, 5) is 0. The van der Waals surface area contributed by atoms with Gasteiger partial charge in [-0.15, -0.1) is 0 Å². The zero-order valence-electron chi connectivity index (χ0n) is 9.62. The Morgan fingerprint density at radius 3 is 1.50 bits per heavy atom. The quantitative estimate of drug-likeness (QED) is 0.682. The summed E-state index contributed by atoms with van der Waals surface area (Å²) < 4.78 is 0. The van der Waals surface area contributed by atoms with Crippen LogP contribution in [0.4, 0.5) is 0 Å². The van der Waals surface area contributed by atoms with Crippen molar-refractivity contribution < 1.29 is 0 Å². The fraction of sp³-hybridized carbons (Fsp3) is 0.500. The van der Waals surface area contributed by atoms with Crippen molar-refractivity contribution in [3.63, 3.8) is 0 Å². The van der Waals surface area contributed by atoms with Crippen molar-refractivity contribution in [1.82, 2.24) is 0 Å². The minimum atomic E-state index is 0.807. The van der Waals surface area contributed by atoms with Crippen LogP contribution in [-0.4, -0.2) is 0 Å². The number of benzene rings is 1. The minimum absolute atomic E-state index is 0.807.